The van der Waals surface area contributed by atoms with Crippen LogP contribution in [-0.2, 0) is 11.2 Å². The molecule has 2 fully saturated rings. The number of hydrogen-bond acceptors (Lipinski definition) is 6. The molecule has 9 heteroatoms. The number of anilines is 1. The van der Waals surface area contributed by atoms with E-state index < -0.39 is 0 Å². The van der Waals surface area contributed by atoms with Gasteiger partial charge in [-0.3, -0.25) is 4.90 Å². The van der Waals surface area contributed by atoms with E-state index in [0.717, 1.165) is 50.2 Å². The number of amides is 2. The van der Waals surface area contributed by atoms with Crippen molar-refractivity contribution in [2.75, 3.05) is 53.5 Å². The summed E-state index contributed by atoms with van der Waals surface area (Å²) in [6.07, 6.45) is 5.30. The number of nitrogens with zero attached hydrogens (tertiary/aromatic N) is 1. The fourth-order valence-electron chi connectivity index (χ4n) is 5.98. The van der Waals surface area contributed by atoms with Gasteiger partial charge in [0.25, 0.3) is 0 Å². The minimum atomic E-state index is -0.245. The lowest BCUT2D eigenvalue weighted by molar-refractivity contribution is 0.111. The Morgan fingerprint density at radius 1 is 0.947 bits per heavy atom. The van der Waals surface area contributed by atoms with E-state index in [1.165, 1.54) is 5.56 Å². The summed E-state index contributed by atoms with van der Waals surface area (Å²) in [5, 5.41) is 6.98. The number of carbonyl (C=O) groups is 1. The Kier molecular flexibility index (Phi) is 9.99. The molecule has 0 bridgehead atoms. The zero-order valence-electron chi connectivity index (χ0n) is 22.8. The van der Waals surface area contributed by atoms with Crippen molar-refractivity contribution in [3.05, 3.63) is 47.0 Å². The SMILES string of the molecule is COCC1CC(NC(=O)Nc2cc(OC)c(OC)c(OC)c2)C(N2CCC(Cc3ccc(Cl)cc3)CC2)C1. The number of halogens is 1. The fraction of sp³-hybridized carbons (Fsp3) is 0.552. The van der Waals surface area contributed by atoms with Crippen LogP contribution < -0.4 is 24.8 Å². The molecule has 3 unspecified atom stereocenters. The summed E-state index contributed by atoms with van der Waals surface area (Å²) in [7, 11) is 6.41. The molecule has 3 atom stereocenters. The molecule has 2 N–H and O–H groups in total. The van der Waals surface area contributed by atoms with Gasteiger partial charge in [-0.25, -0.2) is 4.79 Å². The molecule has 208 valence electrons. The standard InChI is InChI=1S/C29H40ClN3O5/c1-35-18-21-14-24(32-29(34)31-23-16-26(36-2)28(38-4)27(17-23)37-3)25(15-21)33-11-9-20(10-12-33)13-19-5-7-22(30)8-6-19/h5-8,16-17,20-21,24-25H,9-15,18H2,1-4H3,(H2,31,32,34). The zero-order valence-corrected chi connectivity index (χ0v) is 23.6. The Morgan fingerprint density at radius 2 is 1.61 bits per heavy atom. The van der Waals surface area contributed by atoms with E-state index in [1.807, 2.05) is 12.1 Å². The first-order chi connectivity index (χ1) is 18.4. The smallest absolute Gasteiger partial charge is 0.319 e. The Labute approximate surface area is 230 Å². The number of methoxy groups -OCH3 is 4. The molecule has 2 aromatic rings. The van der Waals surface area contributed by atoms with Crippen LogP contribution in [0.4, 0.5) is 10.5 Å². The van der Waals surface area contributed by atoms with Crippen LogP contribution in [-0.4, -0.2) is 71.2 Å². The number of piperidine rings is 1. The molecule has 0 radical (unpaired) electrons. The first kappa shape index (κ1) is 28.3. The number of ether oxygens (including phenoxy) is 4. The highest BCUT2D eigenvalue weighted by Gasteiger charge is 2.39. The summed E-state index contributed by atoms with van der Waals surface area (Å²) < 4.78 is 21.7. The molecular weight excluding hydrogens is 506 g/mol. The second-order valence-corrected chi connectivity index (χ2v) is 10.7. The van der Waals surface area contributed by atoms with Gasteiger partial charge < -0.3 is 29.6 Å². The molecule has 1 aliphatic heterocycles. The third kappa shape index (κ3) is 7.04. The highest BCUT2D eigenvalue weighted by molar-refractivity contribution is 6.30. The van der Waals surface area contributed by atoms with E-state index in [-0.39, 0.29) is 18.1 Å². The summed E-state index contributed by atoms with van der Waals surface area (Å²) in [4.78, 5) is 15.7. The zero-order chi connectivity index (χ0) is 27.1. The second kappa shape index (κ2) is 13.4. The molecule has 2 aliphatic rings. The van der Waals surface area contributed by atoms with Gasteiger partial charge in [0.15, 0.2) is 11.5 Å². The molecule has 2 aromatic carbocycles. The molecule has 1 heterocycles. The van der Waals surface area contributed by atoms with Crippen LogP contribution in [0, 0.1) is 11.8 Å². The number of hydrogen-bond donors (Lipinski definition) is 2. The van der Waals surface area contributed by atoms with Gasteiger partial charge in [0.05, 0.1) is 27.0 Å². The Balaban J connectivity index is 1.37. The minimum Gasteiger partial charge on any atom is -0.493 e. The van der Waals surface area contributed by atoms with Crippen molar-refractivity contribution >= 4 is 23.3 Å². The maximum absolute atomic E-state index is 13.1. The van der Waals surface area contributed by atoms with E-state index in [9.17, 15) is 4.79 Å². The number of urea groups is 1. The number of nitrogens with one attached hydrogen (secondary N) is 2. The highest BCUT2D eigenvalue weighted by Crippen LogP contribution is 2.40. The van der Waals surface area contributed by atoms with Gasteiger partial charge in [0.1, 0.15) is 0 Å². The first-order valence-corrected chi connectivity index (χ1v) is 13.7. The van der Waals surface area contributed by atoms with E-state index in [2.05, 4.69) is 27.7 Å². The van der Waals surface area contributed by atoms with Crippen LogP contribution in [0.2, 0.25) is 5.02 Å². The average molecular weight is 546 g/mol. The lowest BCUT2D eigenvalue weighted by Crippen LogP contribution is -2.52. The Bertz CT molecular complexity index is 1030. The van der Waals surface area contributed by atoms with Crippen LogP contribution in [0.25, 0.3) is 0 Å². The van der Waals surface area contributed by atoms with Crippen molar-refractivity contribution in [2.45, 2.75) is 44.2 Å². The Hall–Kier alpha value is -2.68. The normalized spacial score (nSPS) is 22.2. The lowest BCUT2D eigenvalue weighted by atomic mass is 9.89. The highest BCUT2D eigenvalue weighted by atomic mass is 35.5. The molecule has 1 aliphatic carbocycles. The number of carbonyl (C=O) groups excluding carboxylic acids is 1. The summed E-state index contributed by atoms with van der Waals surface area (Å²) in [6.45, 7) is 2.78. The maximum Gasteiger partial charge on any atom is 0.319 e. The van der Waals surface area contributed by atoms with Gasteiger partial charge in [-0.15, -0.1) is 0 Å². The van der Waals surface area contributed by atoms with Crippen molar-refractivity contribution in [3.63, 3.8) is 0 Å². The van der Waals surface area contributed by atoms with Crippen molar-refractivity contribution < 1.29 is 23.7 Å². The van der Waals surface area contributed by atoms with Crippen LogP contribution in [0.15, 0.2) is 36.4 Å². The van der Waals surface area contributed by atoms with Crippen LogP contribution in [0.5, 0.6) is 17.2 Å². The number of rotatable bonds is 10. The van der Waals surface area contributed by atoms with E-state index >= 15 is 0 Å². The molecule has 0 spiro atoms. The minimum absolute atomic E-state index is 0.0463. The van der Waals surface area contributed by atoms with Gasteiger partial charge in [-0.1, -0.05) is 23.7 Å². The van der Waals surface area contributed by atoms with Gasteiger partial charge in [-0.2, -0.15) is 0 Å². The first-order valence-electron chi connectivity index (χ1n) is 13.3. The van der Waals surface area contributed by atoms with Crippen molar-refractivity contribution in [2.24, 2.45) is 11.8 Å². The third-order valence-electron chi connectivity index (χ3n) is 7.82. The predicted molar refractivity (Wildman–Crippen MR) is 150 cm³/mol. The Morgan fingerprint density at radius 3 is 2.18 bits per heavy atom. The lowest BCUT2D eigenvalue weighted by Gasteiger charge is -2.38. The van der Waals surface area contributed by atoms with Crippen molar-refractivity contribution in [1.29, 1.82) is 0 Å². The molecular formula is C29H40ClN3O5. The average Bonchev–Trinajstić information content (AvgIpc) is 3.31. The van der Waals surface area contributed by atoms with Crippen LogP contribution in [0.3, 0.4) is 0 Å². The summed E-state index contributed by atoms with van der Waals surface area (Å²) >= 11 is 6.05. The molecule has 8 nitrogen and oxygen atoms in total. The number of benzene rings is 2. The molecule has 1 saturated heterocycles. The van der Waals surface area contributed by atoms with Gasteiger partial charge in [0, 0.05) is 43.0 Å². The largest absolute Gasteiger partial charge is 0.493 e. The van der Waals surface area contributed by atoms with E-state index in [1.54, 1.807) is 40.6 Å². The fourth-order valence-corrected chi connectivity index (χ4v) is 6.11. The number of likely N-dealkylation sites (tertiary alicyclic amines) is 1. The van der Waals surface area contributed by atoms with Gasteiger partial charge >= 0.3 is 6.03 Å². The van der Waals surface area contributed by atoms with Gasteiger partial charge in [-0.05, 0) is 74.7 Å². The summed E-state index contributed by atoms with van der Waals surface area (Å²) in [6, 6.07) is 11.8. The van der Waals surface area contributed by atoms with Crippen LogP contribution in [0.1, 0.15) is 31.2 Å². The molecule has 0 aromatic heterocycles. The molecule has 2 amide bonds. The summed E-state index contributed by atoms with van der Waals surface area (Å²) in [5.74, 6) is 2.55. The van der Waals surface area contributed by atoms with Gasteiger partial charge in [0.2, 0.25) is 5.75 Å². The molecule has 38 heavy (non-hydrogen) atoms. The third-order valence-corrected chi connectivity index (χ3v) is 8.08. The summed E-state index contributed by atoms with van der Waals surface area (Å²) in [5.41, 5.74) is 1.92. The predicted octanol–water partition coefficient (Wildman–Crippen LogP) is 5.24. The second-order valence-electron chi connectivity index (χ2n) is 10.3. The van der Waals surface area contributed by atoms with E-state index in [0.29, 0.717) is 41.4 Å². The monoisotopic (exact) mass is 545 g/mol. The van der Waals surface area contributed by atoms with Crippen molar-refractivity contribution in [1.82, 2.24) is 10.2 Å². The van der Waals surface area contributed by atoms with Crippen molar-refractivity contribution in [3.8, 4) is 17.2 Å². The maximum atomic E-state index is 13.1. The molecule has 1 saturated carbocycles. The van der Waals surface area contributed by atoms with E-state index in [4.69, 9.17) is 30.5 Å². The quantitative estimate of drug-likeness (QED) is 0.425. The topological polar surface area (TPSA) is 81.3 Å². The van der Waals surface area contributed by atoms with Crippen LogP contribution >= 0.6 is 11.6 Å². The molecule has 4 rings (SSSR count).